The minimum Gasteiger partial charge on any atom is -0.237 e. The fourth-order valence-corrected chi connectivity index (χ4v) is 3.43. The van der Waals surface area contributed by atoms with E-state index in [1.807, 2.05) is 13.0 Å². The Balaban J connectivity index is 2.25. The molecule has 3 rings (SSSR count). The van der Waals surface area contributed by atoms with Crippen LogP contribution in [0.3, 0.4) is 0 Å². The van der Waals surface area contributed by atoms with Gasteiger partial charge in [0, 0.05) is 17.8 Å². The van der Waals surface area contributed by atoms with Crippen molar-refractivity contribution < 1.29 is 8.42 Å². The molecule has 104 valence electrons. The number of nitriles is 1. The topological polar surface area (TPSA) is 75.8 Å². The second-order valence-corrected chi connectivity index (χ2v) is 6.45. The van der Waals surface area contributed by atoms with Gasteiger partial charge in [-0.1, -0.05) is 17.7 Å². The fraction of sp³-hybridized carbons (Fsp3) is 0.0667. The minimum absolute atomic E-state index is 0.190. The van der Waals surface area contributed by atoms with E-state index in [2.05, 4.69) is 4.98 Å². The Labute approximate surface area is 122 Å². The highest BCUT2D eigenvalue weighted by Crippen LogP contribution is 2.22. The quantitative estimate of drug-likeness (QED) is 0.728. The first-order valence-corrected chi connectivity index (χ1v) is 7.66. The van der Waals surface area contributed by atoms with Gasteiger partial charge in [0.1, 0.15) is 0 Å². The molecule has 0 aliphatic rings. The summed E-state index contributed by atoms with van der Waals surface area (Å²) in [6.07, 6.45) is 2.86. The number of rotatable bonds is 2. The number of hydrogen-bond acceptors (Lipinski definition) is 4. The van der Waals surface area contributed by atoms with Gasteiger partial charge >= 0.3 is 0 Å². The number of aryl methyl sites for hydroxylation is 1. The molecule has 2 heterocycles. The van der Waals surface area contributed by atoms with E-state index in [9.17, 15) is 8.42 Å². The van der Waals surface area contributed by atoms with Crippen LogP contribution in [-0.2, 0) is 10.0 Å². The third-order valence-corrected chi connectivity index (χ3v) is 4.93. The molecular formula is C15H11N3O2S. The summed E-state index contributed by atoms with van der Waals surface area (Å²) >= 11 is 0. The highest BCUT2D eigenvalue weighted by Gasteiger charge is 2.20. The Morgan fingerprint density at radius 3 is 2.52 bits per heavy atom. The van der Waals surface area contributed by atoms with E-state index < -0.39 is 10.0 Å². The van der Waals surface area contributed by atoms with Crippen LogP contribution in [0.5, 0.6) is 0 Å². The van der Waals surface area contributed by atoms with E-state index in [0.29, 0.717) is 10.9 Å². The summed E-state index contributed by atoms with van der Waals surface area (Å²) in [5, 5.41) is 9.58. The van der Waals surface area contributed by atoms with Crippen molar-refractivity contribution in [3.8, 4) is 6.07 Å². The summed E-state index contributed by atoms with van der Waals surface area (Å²) < 4.78 is 26.4. The molecule has 0 amide bonds. The van der Waals surface area contributed by atoms with Gasteiger partial charge in [-0.3, -0.25) is 0 Å². The molecule has 6 heteroatoms. The van der Waals surface area contributed by atoms with E-state index in [4.69, 9.17) is 5.26 Å². The molecule has 0 bridgehead atoms. The Morgan fingerprint density at radius 2 is 1.86 bits per heavy atom. The zero-order valence-corrected chi connectivity index (χ0v) is 12.0. The van der Waals surface area contributed by atoms with Gasteiger partial charge in [-0.25, -0.2) is 17.4 Å². The Morgan fingerprint density at radius 1 is 1.14 bits per heavy atom. The molecule has 0 aliphatic heterocycles. The van der Waals surface area contributed by atoms with Crippen LogP contribution in [0.4, 0.5) is 0 Å². The Hall–Kier alpha value is -2.65. The molecule has 5 nitrogen and oxygen atoms in total. The molecule has 0 radical (unpaired) electrons. The van der Waals surface area contributed by atoms with E-state index in [1.165, 1.54) is 12.4 Å². The van der Waals surface area contributed by atoms with Crippen molar-refractivity contribution in [1.82, 2.24) is 8.96 Å². The predicted octanol–water partition coefficient (Wildman–Crippen LogP) is 2.45. The van der Waals surface area contributed by atoms with E-state index in [1.54, 1.807) is 36.4 Å². The molecule has 0 aliphatic carbocycles. The average Bonchev–Trinajstić information content (AvgIpc) is 2.92. The largest absolute Gasteiger partial charge is 0.269 e. The third-order valence-electron chi connectivity index (χ3n) is 3.25. The fourth-order valence-electron chi connectivity index (χ4n) is 2.13. The molecule has 3 aromatic rings. The van der Waals surface area contributed by atoms with Gasteiger partial charge < -0.3 is 0 Å². The lowest BCUT2D eigenvalue weighted by Crippen LogP contribution is -2.12. The van der Waals surface area contributed by atoms with Crippen LogP contribution in [0.2, 0.25) is 0 Å². The number of aromatic nitrogens is 2. The zero-order valence-electron chi connectivity index (χ0n) is 11.2. The molecule has 0 atom stereocenters. The lowest BCUT2D eigenvalue weighted by Gasteiger charge is -2.07. The maximum Gasteiger partial charge on any atom is 0.269 e. The SMILES string of the molecule is Cc1ccc(S(=O)(=O)n2ccc3c(C#N)ccnc32)cc1. The van der Waals surface area contributed by atoms with Gasteiger partial charge in [0.2, 0.25) is 0 Å². The van der Waals surface area contributed by atoms with Crippen molar-refractivity contribution >= 4 is 21.1 Å². The molecule has 2 aromatic heterocycles. The molecule has 1 aromatic carbocycles. The summed E-state index contributed by atoms with van der Waals surface area (Å²) in [6, 6.07) is 11.8. The van der Waals surface area contributed by atoms with Crippen LogP contribution >= 0.6 is 0 Å². The Kier molecular flexibility index (Phi) is 3.00. The minimum atomic E-state index is -3.72. The van der Waals surface area contributed by atoms with Crippen molar-refractivity contribution in [2.24, 2.45) is 0 Å². The molecular weight excluding hydrogens is 286 g/mol. The van der Waals surface area contributed by atoms with Crippen LogP contribution in [0.1, 0.15) is 11.1 Å². The Bertz CT molecular complexity index is 964. The van der Waals surface area contributed by atoms with Crippen LogP contribution in [0, 0.1) is 18.3 Å². The first-order chi connectivity index (χ1) is 10.0. The monoisotopic (exact) mass is 297 g/mol. The average molecular weight is 297 g/mol. The number of nitrogens with zero attached hydrogens (tertiary/aromatic N) is 3. The van der Waals surface area contributed by atoms with Gasteiger partial charge in [0.15, 0.2) is 5.65 Å². The van der Waals surface area contributed by atoms with Crippen LogP contribution < -0.4 is 0 Å². The molecule has 0 spiro atoms. The maximum atomic E-state index is 12.7. The van der Waals surface area contributed by atoms with Gasteiger partial charge in [-0.05, 0) is 31.2 Å². The summed E-state index contributed by atoms with van der Waals surface area (Å²) in [5.41, 5.74) is 1.64. The number of hydrogen-bond donors (Lipinski definition) is 0. The van der Waals surface area contributed by atoms with Crippen molar-refractivity contribution in [3.63, 3.8) is 0 Å². The molecule has 0 N–H and O–H groups in total. The molecule has 0 saturated carbocycles. The van der Waals surface area contributed by atoms with Crippen molar-refractivity contribution in [3.05, 3.63) is 59.9 Å². The molecule has 0 saturated heterocycles. The van der Waals surface area contributed by atoms with Crippen molar-refractivity contribution in [2.75, 3.05) is 0 Å². The molecule has 21 heavy (non-hydrogen) atoms. The summed E-state index contributed by atoms with van der Waals surface area (Å²) in [5.74, 6) is 0. The standard InChI is InChI=1S/C15H11N3O2S/c1-11-2-4-13(5-3-11)21(19,20)18-9-7-14-12(10-16)6-8-17-15(14)18/h2-9H,1H3. The molecule has 0 unspecified atom stereocenters. The highest BCUT2D eigenvalue weighted by atomic mass is 32.2. The van der Waals surface area contributed by atoms with Crippen LogP contribution in [0.25, 0.3) is 11.0 Å². The van der Waals surface area contributed by atoms with Crippen LogP contribution in [-0.4, -0.2) is 17.4 Å². The first-order valence-electron chi connectivity index (χ1n) is 6.22. The van der Waals surface area contributed by atoms with E-state index >= 15 is 0 Å². The third kappa shape index (κ3) is 2.08. The van der Waals surface area contributed by atoms with Gasteiger partial charge in [-0.2, -0.15) is 5.26 Å². The van der Waals surface area contributed by atoms with Gasteiger partial charge in [0.25, 0.3) is 10.0 Å². The number of fused-ring (bicyclic) bond motifs is 1. The second kappa shape index (κ2) is 4.72. The van der Waals surface area contributed by atoms with Crippen molar-refractivity contribution in [1.29, 1.82) is 5.26 Å². The van der Waals surface area contributed by atoms with Crippen LogP contribution in [0.15, 0.2) is 53.7 Å². The van der Waals surface area contributed by atoms with Gasteiger partial charge in [0.05, 0.1) is 16.5 Å². The predicted molar refractivity (Wildman–Crippen MR) is 78.2 cm³/mol. The lowest BCUT2D eigenvalue weighted by atomic mass is 10.2. The van der Waals surface area contributed by atoms with E-state index in [-0.39, 0.29) is 10.5 Å². The number of pyridine rings is 1. The number of benzene rings is 1. The smallest absolute Gasteiger partial charge is 0.237 e. The lowest BCUT2D eigenvalue weighted by molar-refractivity contribution is 0.588. The molecule has 0 fully saturated rings. The maximum absolute atomic E-state index is 12.7. The van der Waals surface area contributed by atoms with E-state index in [0.717, 1.165) is 9.54 Å². The zero-order chi connectivity index (χ0) is 15.0. The van der Waals surface area contributed by atoms with Gasteiger partial charge in [-0.15, -0.1) is 0 Å². The summed E-state index contributed by atoms with van der Waals surface area (Å²) in [7, 11) is -3.72. The first kappa shape index (κ1) is 13.3. The second-order valence-electron chi connectivity index (χ2n) is 4.64. The highest BCUT2D eigenvalue weighted by molar-refractivity contribution is 7.90. The van der Waals surface area contributed by atoms with Crippen molar-refractivity contribution in [2.45, 2.75) is 11.8 Å². The summed E-state index contributed by atoms with van der Waals surface area (Å²) in [6.45, 7) is 1.89. The normalized spacial score (nSPS) is 11.4. The summed E-state index contributed by atoms with van der Waals surface area (Å²) in [4.78, 5) is 4.28.